The van der Waals surface area contributed by atoms with E-state index in [0.717, 1.165) is 5.56 Å². The van der Waals surface area contributed by atoms with Crippen molar-refractivity contribution < 1.29 is 14.0 Å². The van der Waals surface area contributed by atoms with Crippen LogP contribution in [-0.2, 0) is 4.79 Å². The molecular weight excluding hydrogens is 379 g/mol. The molecule has 1 N–H and O–H groups in total. The number of carbonyl (C=O) groups excluding carboxylic acids is 2. The first kappa shape index (κ1) is 18.2. The summed E-state index contributed by atoms with van der Waals surface area (Å²) in [6.07, 6.45) is 0.303. The number of aromatic nitrogens is 2. The van der Waals surface area contributed by atoms with Crippen molar-refractivity contribution in [2.75, 3.05) is 16.8 Å². The fourth-order valence-electron chi connectivity index (χ4n) is 3.07. The lowest BCUT2D eigenvalue weighted by Crippen LogP contribution is -2.24. The summed E-state index contributed by atoms with van der Waals surface area (Å²) in [6.45, 7) is 2.40. The summed E-state index contributed by atoms with van der Waals surface area (Å²) in [4.78, 5) is 26.3. The number of aryl methyl sites for hydroxylation is 1. The van der Waals surface area contributed by atoms with Crippen molar-refractivity contribution in [2.45, 2.75) is 19.3 Å². The molecule has 1 atom stereocenters. The number of nitrogens with one attached hydrogen (secondary N) is 1. The number of hydrogen-bond acceptors (Lipinski definition) is 5. The van der Waals surface area contributed by atoms with Crippen LogP contribution in [0.4, 0.5) is 15.2 Å². The molecular formula is C20H17FN4O2S. The maximum absolute atomic E-state index is 13.1. The molecule has 0 radical (unpaired) electrons. The molecule has 1 unspecified atom stereocenters. The van der Waals surface area contributed by atoms with Crippen LogP contribution in [0.1, 0.15) is 33.3 Å². The maximum atomic E-state index is 13.1. The Balaban J connectivity index is 1.44. The van der Waals surface area contributed by atoms with Gasteiger partial charge in [-0.05, 0) is 43.3 Å². The minimum Gasteiger partial charge on any atom is -0.312 e. The third-order valence-electron chi connectivity index (χ3n) is 4.59. The van der Waals surface area contributed by atoms with E-state index in [-0.39, 0.29) is 23.5 Å². The third kappa shape index (κ3) is 3.77. The largest absolute Gasteiger partial charge is 0.312 e. The molecule has 0 bridgehead atoms. The zero-order valence-electron chi connectivity index (χ0n) is 15.1. The van der Waals surface area contributed by atoms with Crippen molar-refractivity contribution in [3.8, 4) is 0 Å². The normalized spacial score (nSPS) is 16.4. The van der Waals surface area contributed by atoms with Crippen LogP contribution >= 0.6 is 11.3 Å². The molecule has 2 heterocycles. The molecule has 8 heteroatoms. The molecule has 0 spiro atoms. The summed E-state index contributed by atoms with van der Waals surface area (Å²) in [5.74, 6) is -0.750. The number of nitrogens with zero attached hydrogens (tertiary/aromatic N) is 3. The first-order chi connectivity index (χ1) is 13.5. The van der Waals surface area contributed by atoms with E-state index in [2.05, 4.69) is 15.5 Å². The van der Waals surface area contributed by atoms with Gasteiger partial charge in [-0.15, -0.1) is 10.2 Å². The van der Waals surface area contributed by atoms with E-state index >= 15 is 0 Å². The van der Waals surface area contributed by atoms with Gasteiger partial charge in [-0.2, -0.15) is 0 Å². The zero-order chi connectivity index (χ0) is 19.7. The van der Waals surface area contributed by atoms with Gasteiger partial charge in [0.05, 0.1) is 0 Å². The van der Waals surface area contributed by atoms with Gasteiger partial charge in [0.15, 0.2) is 0 Å². The van der Waals surface area contributed by atoms with Crippen molar-refractivity contribution in [3.05, 3.63) is 70.5 Å². The number of benzene rings is 2. The highest BCUT2D eigenvalue weighted by Gasteiger charge is 2.34. The van der Waals surface area contributed by atoms with Crippen molar-refractivity contribution in [1.29, 1.82) is 0 Å². The Hall–Kier alpha value is -3.13. The minimum absolute atomic E-state index is 0.0444. The van der Waals surface area contributed by atoms with E-state index in [1.807, 2.05) is 19.1 Å². The van der Waals surface area contributed by atoms with Gasteiger partial charge < -0.3 is 4.90 Å². The Morgan fingerprint density at radius 2 is 1.86 bits per heavy atom. The van der Waals surface area contributed by atoms with E-state index < -0.39 is 0 Å². The molecule has 142 valence electrons. The first-order valence-corrected chi connectivity index (χ1v) is 9.58. The molecule has 4 rings (SSSR count). The van der Waals surface area contributed by atoms with Gasteiger partial charge in [0.25, 0.3) is 5.91 Å². The fourth-order valence-corrected chi connectivity index (χ4v) is 3.90. The molecule has 0 aliphatic carbocycles. The zero-order valence-corrected chi connectivity index (χ0v) is 15.9. The van der Waals surface area contributed by atoms with Gasteiger partial charge in [-0.3, -0.25) is 14.9 Å². The summed E-state index contributed by atoms with van der Waals surface area (Å²) < 4.78 is 13.1. The van der Waals surface area contributed by atoms with Gasteiger partial charge in [0.1, 0.15) is 10.8 Å². The SMILES string of the molecule is Cc1ccc(C(=O)Nc2nnc(C3CC(=O)N(c4ccc(F)cc4)C3)s2)cc1. The Morgan fingerprint density at radius 3 is 2.57 bits per heavy atom. The molecule has 2 aromatic carbocycles. The Bertz CT molecular complexity index is 1020. The van der Waals surface area contributed by atoms with E-state index in [1.165, 1.54) is 23.5 Å². The fraction of sp³-hybridized carbons (Fsp3) is 0.200. The van der Waals surface area contributed by atoms with Crippen LogP contribution in [0, 0.1) is 12.7 Å². The molecule has 3 aromatic rings. The smallest absolute Gasteiger partial charge is 0.257 e. The topological polar surface area (TPSA) is 75.2 Å². The monoisotopic (exact) mass is 396 g/mol. The molecule has 6 nitrogen and oxygen atoms in total. The second-order valence-electron chi connectivity index (χ2n) is 6.65. The van der Waals surface area contributed by atoms with Crippen LogP contribution in [0.3, 0.4) is 0 Å². The van der Waals surface area contributed by atoms with E-state index in [1.54, 1.807) is 29.2 Å². The predicted molar refractivity (Wildman–Crippen MR) is 105 cm³/mol. The van der Waals surface area contributed by atoms with Crippen LogP contribution in [0.25, 0.3) is 0 Å². The first-order valence-electron chi connectivity index (χ1n) is 8.77. The summed E-state index contributed by atoms with van der Waals surface area (Å²) in [5, 5.41) is 12.0. The molecule has 28 heavy (non-hydrogen) atoms. The van der Waals surface area contributed by atoms with Gasteiger partial charge in [0, 0.05) is 30.1 Å². The molecule has 1 aliphatic rings. The summed E-state index contributed by atoms with van der Waals surface area (Å²) >= 11 is 1.26. The van der Waals surface area contributed by atoms with Crippen LogP contribution in [-0.4, -0.2) is 28.6 Å². The van der Waals surface area contributed by atoms with Gasteiger partial charge in [-0.1, -0.05) is 29.0 Å². The molecule has 1 aromatic heterocycles. The summed E-state index contributed by atoms with van der Waals surface area (Å²) in [6, 6.07) is 13.1. The highest BCUT2D eigenvalue weighted by atomic mass is 32.1. The van der Waals surface area contributed by atoms with E-state index in [9.17, 15) is 14.0 Å². The number of rotatable bonds is 4. The van der Waals surface area contributed by atoms with E-state index in [0.29, 0.717) is 34.4 Å². The Kier molecular flexibility index (Phi) is 4.87. The standard InChI is InChI=1S/C20H17FN4O2S/c1-12-2-4-13(5-3-12)18(27)22-20-24-23-19(28-20)14-10-17(26)25(11-14)16-8-6-15(21)7-9-16/h2-9,14H,10-11H2,1H3,(H,22,24,27). The second kappa shape index (κ2) is 7.47. The van der Waals surface area contributed by atoms with Gasteiger partial charge in [-0.25, -0.2) is 4.39 Å². The summed E-state index contributed by atoms with van der Waals surface area (Å²) in [5.41, 5.74) is 2.28. The highest BCUT2D eigenvalue weighted by molar-refractivity contribution is 7.15. The molecule has 0 saturated carbocycles. The predicted octanol–water partition coefficient (Wildman–Crippen LogP) is 3.76. The average Bonchev–Trinajstić information content (AvgIpc) is 3.29. The lowest BCUT2D eigenvalue weighted by Gasteiger charge is -2.16. The van der Waals surface area contributed by atoms with Crippen LogP contribution in [0.15, 0.2) is 48.5 Å². The number of carbonyl (C=O) groups is 2. The average molecular weight is 396 g/mol. The van der Waals surface area contributed by atoms with Crippen molar-refractivity contribution >= 4 is 34.0 Å². The minimum atomic E-state index is -0.343. The second-order valence-corrected chi connectivity index (χ2v) is 7.66. The van der Waals surface area contributed by atoms with Crippen LogP contribution in [0.2, 0.25) is 0 Å². The lowest BCUT2D eigenvalue weighted by atomic mass is 10.1. The number of hydrogen-bond donors (Lipinski definition) is 1. The van der Waals surface area contributed by atoms with Crippen LogP contribution < -0.4 is 10.2 Å². The maximum Gasteiger partial charge on any atom is 0.257 e. The number of amides is 2. The van der Waals surface area contributed by atoms with Gasteiger partial charge >= 0.3 is 0 Å². The molecule has 1 saturated heterocycles. The number of halogens is 1. The molecule has 1 aliphatic heterocycles. The van der Waals surface area contributed by atoms with Gasteiger partial charge in [0.2, 0.25) is 11.0 Å². The quantitative estimate of drug-likeness (QED) is 0.729. The van der Waals surface area contributed by atoms with Crippen LogP contribution in [0.5, 0.6) is 0 Å². The third-order valence-corrected chi connectivity index (χ3v) is 5.59. The van der Waals surface area contributed by atoms with E-state index in [4.69, 9.17) is 0 Å². The summed E-state index contributed by atoms with van der Waals surface area (Å²) in [7, 11) is 0. The Morgan fingerprint density at radius 1 is 1.14 bits per heavy atom. The lowest BCUT2D eigenvalue weighted by molar-refractivity contribution is -0.117. The molecule has 2 amide bonds. The Labute approximate surface area is 165 Å². The highest BCUT2D eigenvalue weighted by Crippen LogP contribution is 2.34. The molecule has 1 fully saturated rings. The van der Waals surface area contributed by atoms with Crippen molar-refractivity contribution in [3.63, 3.8) is 0 Å². The number of anilines is 2. The van der Waals surface area contributed by atoms with Crippen molar-refractivity contribution in [2.24, 2.45) is 0 Å². The van der Waals surface area contributed by atoms with Crippen molar-refractivity contribution in [1.82, 2.24) is 10.2 Å².